The normalized spacial score (nSPS) is 34.7. The van der Waals surface area contributed by atoms with Crippen molar-refractivity contribution in [3.63, 3.8) is 0 Å². The van der Waals surface area contributed by atoms with E-state index in [9.17, 15) is 9.00 Å². The summed E-state index contributed by atoms with van der Waals surface area (Å²) in [5.41, 5.74) is 0. The SMILES string of the molecule is C[C@@H]1C[C@H]1C(=O)N1CCS(=O)CC1. The quantitative estimate of drug-likeness (QED) is 0.609. The van der Waals surface area contributed by atoms with Crippen molar-refractivity contribution in [2.45, 2.75) is 13.3 Å². The van der Waals surface area contributed by atoms with Gasteiger partial charge in [-0.25, -0.2) is 0 Å². The topological polar surface area (TPSA) is 37.4 Å². The van der Waals surface area contributed by atoms with Crippen molar-refractivity contribution in [2.24, 2.45) is 11.8 Å². The van der Waals surface area contributed by atoms with Gasteiger partial charge in [-0.1, -0.05) is 6.92 Å². The summed E-state index contributed by atoms with van der Waals surface area (Å²) in [5.74, 6) is 2.51. The summed E-state index contributed by atoms with van der Waals surface area (Å²) >= 11 is 0. The van der Waals surface area contributed by atoms with Crippen LogP contribution in [0, 0.1) is 11.8 Å². The zero-order valence-corrected chi connectivity index (χ0v) is 8.68. The Kier molecular flexibility index (Phi) is 2.41. The Bertz CT molecular complexity index is 244. The van der Waals surface area contributed by atoms with Crippen molar-refractivity contribution in [3.05, 3.63) is 0 Å². The molecule has 0 unspecified atom stereocenters. The Morgan fingerprint density at radius 3 is 2.38 bits per heavy atom. The Labute approximate surface area is 80.9 Å². The number of rotatable bonds is 1. The Balaban J connectivity index is 1.87. The van der Waals surface area contributed by atoms with E-state index in [1.54, 1.807) is 0 Å². The van der Waals surface area contributed by atoms with Crippen molar-refractivity contribution in [1.29, 1.82) is 0 Å². The maximum Gasteiger partial charge on any atom is 0.226 e. The molecule has 0 N–H and O–H groups in total. The fourth-order valence-corrected chi connectivity index (χ4v) is 2.81. The van der Waals surface area contributed by atoms with Crippen LogP contribution >= 0.6 is 0 Å². The molecule has 0 aromatic rings. The highest BCUT2D eigenvalue weighted by Crippen LogP contribution is 2.39. The summed E-state index contributed by atoms with van der Waals surface area (Å²) in [4.78, 5) is 13.6. The molecule has 0 spiro atoms. The van der Waals surface area contributed by atoms with Crippen LogP contribution in [0.1, 0.15) is 13.3 Å². The van der Waals surface area contributed by atoms with Crippen LogP contribution in [0.4, 0.5) is 0 Å². The number of amides is 1. The van der Waals surface area contributed by atoms with Crippen LogP contribution in [-0.4, -0.2) is 39.6 Å². The highest BCUT2D eigenvalue weighted by Gasteiger charge is 2.41. The van der Waals surface area contributed by atoms with Gasteiger partial charge >= 0.3 is 0 Å². The first-order valence-electron chi connectivity index (χ1n) is 4.82. The lowest BCUT2D eigenvalue weighted by atomic mass is 10.3. The fraction of sp³-hybridized carbons (Fsp3) is 0.889. The van der Waals surface area contributed by atoms with E-state index < -0.39 is 10.8 Å². The third-order valence-corrected chi connectivity index (χ3v) is 4.19. The summed E-state index contributed by atoms with van der Waals surface area (Å²) in [6.07, 6.45) is 1.05. The van der Waals surface area contributed by atoms with E-state index in [-0.39, 0.29) is 5.92 Å². The Morgan fingerprint density at radius 1 is 1.38 bits per heavy atom. The van der Waals surface area contributed by atoms with Crippen LogP contribution in [-0.2, 0) is 15.6 Å². The van der Waals surface area contributed by atoms with Gasteiger partial charge in [-0.3, -0.25) is 9.00 Å². The molecule has 1 aliphatic heterocycles. The molecule has 2 aliphatic rings. The summed E-state index contributed by atoms with van der Waals surface area (Å²) in [7, 11) is -0.673. The zero-order chi connectivity index (χ0) is 9.42. The predicted molar refractivity (Wildman–Crippen MR) is 51.7 cm³/mol. The van der Waals surface area contributed by atoms with Crippen molar-refractivity contribution < 1.29 is 9.00 Å². The first kappa shape index (κ1) is 9.19. The maximum absolute atomic E-state index is 11.7. The molecule has 2 atom stereocenters. The Hall–Kier alpha value is -0.380. The number of hydrogen-bond donors (Lipinski definition) is 0. The van der Waals surface area contributed by atoms with E-state index in [1.165, 1.54) is 0 Å². The number of carbonyl (C=O) groups is 1. The second kappa shape index (κ2) is 3.40. The lowest BCUT2D eigenvalue weighted by molar-refractivity contribution is -0.132. The molecular weight excluding hydrogens is 186 g/mol. The molecule has 1 saturated heterocycles. The molecule has 13 heavy (non-hydrogen) atoms. The maximum atomic E-state index is 11.7. The van der Waals surface area contributed by atoms with Gasteiger partial charge in [0.1, 0.15) is 0 Å². The van der Waals surface area contributed by atoms with Crippen LogP contribution in [0.15, 0.2) is 0 Å². The van der Waals surface area contributed by atoms with Crippen LogP contribution in [0.3, 0.4) is 0 Å². The van der Waals surface area contributed by atoms with Crippen molar-refractivity contribution in [1.82, 2.24) is 4.90 Å². The molecule has 2 rings (SSSR count). The summed E-state index contributed by atoms with van der Waals surface area (Å²) in [6, 6.07) is 0. The molecule has 0 aromatic carbocycles. The number of hydrogen-bond acceptors (Lipinski definition) is 2. The van der Waals surface area contributed by atoms with Gasteiger partial charge in [0, 0.05) is 41.3 Å². The van der Waals surface area contributed by atoms with Gasteiger partial charge in [0.2, 0.25) is 5.91 Å². The highest BCUT2D eigenvalue weighted by atomic mass is 32.2. The van der Waals surface area contributed by atoms with E-state index in [0.29, 0.717) is 36.4 Å². The van der Waals surface area contributed by atoms with Crippen LogP contribution in [0.2, 0.25) is 0 Å². The van der Waals surface area contributed by atoms with Crippen LogP contribution in [0.5, 0.6) is 0 Å². The van der Waals surface area contributed by atoms with Gasteiger partial charge in [-0.05, 0) is 12.3 Å². The molecule has 1 saturated carbocycles. The lowest BCUT2D eigenvalue weighted by Crippen LogP contribution is -2.42. The van der Waals surface area contributed by atoms with Crippen LogP contribution < -0.4 is 0 Å². The molecule has 0 radical (unpaired) electrons. The molecular formula is C9H15NO2S. The summed E-state index contributed by atoms with van der Waals surface area (Å²) < 4.78 is 11.1. The van der Waals surface area contributed by atoms with Gasteiger partial charge in [0.25, 0.3) is 0 Å². The summed E-state index contributed by atoms with van der Waals surface area (Å²) in [5, 5.41) is 0. The molecule has 3 nitrogen and oxygen atoms in total. The standard InChI is InChI=1S/C9H15NO2S/c1-7-6-8(7)9(11)10-2-4-13(12)5-3-10/h7-8H,2-6H2,1H3/t7-,8-/m1/s1. The van der Waals surface area contributed by atoms with Gasteiger partial charge in [0.15, 0.2) is 0 Å². The average Bonchev–Trinajstić information content (AvgIpc) is 2.83. The van der Waals surface area contributed by atoms with E-state index >= 15 is 0 Å². The van der Waals surface area contributed by atoms with Gasteiger partial charge in [0.05, 0.1) is 0 Å². The number of carbonyl (C=O) groups excluding carboxylic acids is 1. The molecule has 0 aromatic heterocycles. The summed E-state index contributed by atoms with van der Waals surface area (Å²) in [6.45, 7) is 3.52. The second-order valence-corrected chi connectivity index (χ2v) is 5.69. The highest BCUT2D eigenvalue weighted by molar-refractivity contribution is 7.85. The van der Waals surface area contributed by atoms with Crippen molar-refractivity contribution in [3.8, 4) is 0 Å². The molecule has 4 heteroatoms. The monoisotopic (exact) mass is 201 g/mol. The first-order chi connectivity index (χ1) is 6.18. The van der Waals surface area contributed by atoms with Crippen molar-refractivity contribution in [2.75, 3.05) is 24.6 Å². The second-order valence-electron chi connectivity index (χ2n) is 3.99. The zero-order valence-electron chi connectivity index (χ0n) is 7.86. The van der Waals surface area contributed by atoms with E-state index in [0.717, 1.165) is 6.42 Å². The molecule has 1 aliphatic carbocycles. The Morgan fingerprint density at radius 2 is 1.92 bits per heavy atom. The minimum Gasteiger partial charge on any atom is -0.341 e. The first-order valence-corrected chi connectivity index (χ1v) is 6.31. The fourth-order valence-electron chi connectivity index (χ4n) is 1.76. The number of nitrogens with zero attached hydrogens (tertiary/aromatic N) is 1. The molecule has 74 valence electrons. The van der Waals surface area contributed by atoms with E-state index in [2.05, 4.69) is 6.92 Å². The minimum absolute atomic E-state index is 0.284. The molecule has 2 fully saturated rings. The third-order valence-electron chi connectivity index (χ3n) is 2.92. The smallest absolute Gasteiger partial charge is 0.226 e. The molecule has 1 heterocycles. The van der Waals surface area contributed by atoms with Crippen molar-refractivity contribution >= 4 is 16.7 Å². The van der Waals surface area contributed by atoms with Gasteiger partial charge < -0.3 is 4.90 Å². The lowest BCUT2D eigenvalue weighted by Gasteiger charge is -2.26. The average molecular weight is 201 g/mol. The van der Waals surface area contributed by atoms with Gasteiger partial charge in [-0.15, -0.1) is 0 Å². The third kappa shape index (κ3) is 1.93. The van der Waals surface area contributed by atoms with Gasteiger partial charge in [-0.2, -0.15) is 0 Å². The van der Waals surface area contributed by atoms with E-state index in [4.69, 9.17) is 0 Å². The minimum atomic E-state index is -0.673. The van der Waals surface area contributed by atoms with E-state index in [1.807, 2.05) is 4.90 Å². The predicted octanol–water partition coefficient (Wildman–Crippen LogP) is 0.233. The molecule has 0 bridgehead atoms. The largest absolute Gasteiger partial charge is 0.341 e. The van der Waals surface area contributed by atoms with Crippen LogP contribution in [0.25, 0.3) is 0 Å². The molecule has 1 amide bonds.